The van der Waals surface area contributed by atoms with Crippen LogP contribution in [0.3, 0.4) is 0 Å². The van der Waals surface area contributed by atoms with E-state index in [2.05, 4.69) is 81.7 Å². The number of thiophene rings is 1. The molecule has 0 saturated heterocycles. The van der Waals surface area contributed by atoms with Crippen LogP contribution in [0, 0.1) is 5.82 Å². The van der Waals surface area contributed by atoms with Gasteiger partial charge in [-0.1, -0.05) is 66.7 Å². The van der Waals surface area contributed by atoms with E-state index in [-0.39, 0.29) is 5.82 Å². The van der Waals surface area contributed by atoms with Gasteiger partial charge in [-0.05, 0) is 41.8 Å². The van der Waals surface area contributed by atoms with Crippen LogP contribution in [0.1, 0.15) is 22.3 Å². The van der Waals surface area contributed by atoms with Crippen LogP contribution in [0.5, 0.6) is 0 Å². The second-order valence-electron chi connectivity index (χ2n) is 8.67. The van der Waals surface area contributed by atoms with Crippen LogP contribution in [-0.2, 0) is 26.2 Å². The molecule has 5 heteroatoms. The fourth-order valence-corrected chi connectivity index (χ4v) is 5.57. The number of para-hydroxylation sites is 1. The fourth-order valence-electron chi connectivity index (χ4n) is 4.49. The topological polar surface area (TPSA) is 9.72 Å². The van der Waals surface area contributed by atoms with Gasteiger partial charge in [-0.25, -0.2) is 4.39 Å². The molecule has 1 aliphatic rings. The summed E-state index contributed by atoms with van der Waals surface area (Å²) in [5.41, 5.74) is 5.95. The van der Waals surface area contributed by atoms with Gasteiger partial charge in [-0.15, -0.1) is 11.3 Å². The van der Waals surface area contributed by atoms with Crippen molar-refractivity contribution < 1.29 is 4.39 Å². The highest BCUT2D eigenvalue weighted by Gasteiger charge is 2.27. The lowest BCUT2D eigenvalue weighted by molar-refractivity contribution is 0.318. The molecular formula is C28H28FN3S. The van der Waals surface area contributed by atoms with E-state index in [4.69, 9.17) is 0 Å². The first kappa shape index (κ1) is 21.7. The molecule has 0 fully saturated rings. The van der Waals surface area contributed by atoms with Crippen LogP contribution in [-0.4, -0.2) is 18.6 Å². The number of rotatable bonds is 7. The Kier molecular flexibility index (Phi) is 6.42. The molecule has 0 aliphatic carbocycles. The minimum atomic E-state index is -0.143. The third-order valence-corrected chi connectivity index (χ3v) is 7.24. The number of halogens is 1. The van der Waals surface area contributed by atoms with Gasteiger partial charge in [0.2, 0.25) is 0 Å². The molecule has 2 heterocycles. The van der Waals surface area contributed by atoms with Crippen LogP contribution in [0.4, 0.5) is 15.1 Å². The molecule has 5 rings (SSSR count). The summed E-state index contributed by atoms with van der Waals surface area (Å²) in [5, 5.41) is 3.54. The predicted octanol–water partition coefficient (Wildman–Crippen LogP) is 6.50. The van der Waals surface area contributed by atoms with Crippen molar-refractivity contribution in [3.8, 4) is 0 Å². The van der Waals surface area contributed by atoms with Crippen molar-refractivity contribution in [1.29, 1.82) is 0 Å². The van der Waals surface area contributed by atoms with Crippen LogP contribution in [0.15, 0.2) is 90.3 Å². The minimum absolute atomic E-state index is 0.143. The molecule has 3 aromatic carbocycles. The standard InChI is InChI=1S/C28H28FN3S/c1-30(16-22-10-4-2-5-11-22)17-24-20-33-28-26(24)19-31(25-13-6-3-7-14-25)21-32(28)18-23-12-8-9-15-27(23)29/h2-15,20H,16-19,21H2,1H3. The summed E-state index contributed by atoms with van der Waals surface area (Å²) in [4.78, 5) is 7.06. The van der Waals surface area contributed by atoms with Crippen molar-refractivity contribution in [3.63, 3.8) is 0 Å². The first-order valence-electron chi connectivity index (χ1n) is 11.3. The first-order valence-corrected chi connectivity index (χ1v) is 12.2. The summed E-state index contributed by atoms with van der Waals surface area (Å²) < 4.78 is 14.5. The Labute approximate surface area is 199 Å². The average molecular weight is 458 g/mol. The van der Waals surface area contributed by atoms with E-state index >= 15 is 0 Å². The largest absolute Gasteiger partial charge is 0.349 e. The molecule has 1 aromatic heterocycles. The van der Waals surface area contributed by atoms with Gasteiger partial charge in [0.05, 0.1) is 11.7 Å². The summed E-state index contributed by atoms with van der Waals surface area (Å²) in [5.74, 6) is -0.143. The van der Waals surface area contributed by atoms with Crippen molar-refractivity contribution in [2.45, 2.75) is 26.2 Å². The smallest absolute Gasteiger partial charge is 0.128 e. The van der Waals surface area contributed by atoms with Gasteiger partial charge in [0.25, 0.3) is 0 Å². The van der Waals surface area contributed by atoms with Gasteiger partial charge < -0.3 is 9.80 Å². The highest BCUT2D eigenvalue weighted by molar-refractivity contribution is 7.14. The molecule has 0 atom stereocenters. The maximum absolute atomic E-state index is 14.5. The summed E-state index contributed by atoms with van der Waals surface area (Å²) in [6.07, 6.45) is 0. The second-order valence-corrected chi connectivity index (χ2v) is 9.52. The minimum Gasteiger partial charge on any atom is -0.349 e. The van der Waals surface area contributed by atoms with E-state index in [1.807, 2.05) is 18.2 Å². The molecule has 0 bridgehead atoms. The fraction of sp³-hybridized carbons (Fsp3) is 0.214. The molecular weight excluding hydrogens is 429 g/mol. The van der Waals surface area contributed by atoms with Crippen LogP contribution >= 0.6 is 11.3 Å². The molecule has 33 heavy (non-hydrogen) atoms. The van der Waals surface area contributed by atoms with Crippen molar-refractivity contribution in [3.05, 3.63) is 118 Å². The van der Waals surface area contributed by atoms with Gasteiger partial charge in [0.1, 0.15) is 5.82 Å². The Bertz CT molecular complexity index is 1190. The summed E-state index contributed by atoms with van der Waals surface area (Å²) >= 11 is 1.78. The van der Waals surface area contributed by atoms with Crippen molar-refractivity contribution in [2.75, 3.05) is 23.5 Å². The van der Waals surface area contributed by atoms with E-state index < -0.39 is 0 Å². The molecule has 0 spiro atoms. The van der Waals surface area contributed by atoms with E-state index in [1.165, 1.54) is 27.4 Å². The number of benzene rings is 3. The van der Waals surface area contributed by atoms with Gasteiger partial charge in [-0.3, -0.25) is 4.90 Å². The zero-order chi connectivity index (χ0) is 22.6. The molecule has 0 unspecified atom stereocenters. The van der Waals surface area contributed by atoms with Crippen LogP contribution < -0.4 is 9.80 Å². The lowest BCUT2D eigenvalue weighted by atomic mass is 10.1. The molecule has 0 radical (unpaired) electrons. The predicted molar refractivity (Wildman–Crippen MR) is 136 cm³/mol. The lowest BCUT2D eigenvalue weighted by Crippen LogP contribution is -2.42. The normalized spacial score (nSPS) is 13.4. The Hall–Kier alpha value is -3.15. The molecule has 1 aliphatic heterocycles. The third-order valence-electron chi connectivity index (χ3n) is 6.11. The summed E-state index contributed by atoms with van der Waals surface area (Å²) in [6, 6.07) is 28.2. The van der Waals surface area contributed by atoms with E-state index in [0.29, 0.717) is 6.54 Å². The van der Waals surface area contributed by atoms with Crippen molar-refractivity contribution in [1.82, 2.24) is 4.90 Å². The highest BCUT2D eigenvalue weighted by atomic mass is 32.1. The molecule has 0 N–H and O–H groups in total. The quantitative estimate of drug-likeness (QED) is 0.313. The zero-order valence-electron chi connectivity index (χ0n) is 18.8. The Balaban J connectivity index is 1.42. The number of fused-ring (bicyclic) bond motifs is 1. The first-order chi connectivity index (χ1) is 16.2. The maximum atomic E-state index is 14.5. The monoisotopic (exact) mass is 457 g/mol. The lowest BCUT2D eigenvalue weighted by Gasteiger charge is -2.38. The average Bonchev–Trinajstić information content (AvgIpc) is 3.24. The zero-order valence-corrected chi connectivity index (χ0v) is 19.6. The highest BCUT2D eigenvalue weighted by Crippen LogP contribution is 2.39. The SMILES string of the molecule is CN(Cc1ccccc1)Cc1csc2c1CN(c1ccccc1)CN2Cc1ccccc1F. The number of hydrogen-bond donors (Lipinski definition) is 0. The Morgan fingerprint density at radius 3 is 2.30 bits per heavy atom. The number of hydrogen-bond acceptors (Lipinski definition) is 4. The molecule has 4 aromatic rings. The molecule has 0 amide bonds. The van der Waals surface area contributed by atoms with Gasteiger partial charge in [0.15, 0.2) is 0 Å². The summed E-state index contributed by atoms with van der Waals surface area (Å²) in [6.45, 7) is 3.96. The third kappa shape index (κ3) is 4.95. The van der Waals surface area contributed by atoms with Crippen LogP contribution in [0.25, 0.3) is 0 Å². The second kappa shape index (κ2) is 9.77. The van der Waals surface area contributed by atoms with Gasteiger partial charge in [0, 0.05) is 43.0 Å². The van der Waals surface area contributed by atoms with Crippen molar-refractivity contribution in [2.24, 2.45) is 0 Å². The molecule has 0 saturated carbocycles. The van der Waals surface area contributed by atoms with Crippen LogP contribution in [0.2, 0.25) is 0 Å². The Morgan fingerprint density at radius 1 is 0.848 bits per heavy atom. The maximum Gasteiger partial charge on any atom is 0.128 e. The van der Waals surface area contributed by atoms with Crippen molar-refractivity contribution >= 4 is 22.0 Å². The van der Waals surface area contributed by atoms with Gasteiger partial charge >= 0.3 is 0 Å². The number of anilines is 2. The molecule has 168 valence electrons. The van der Waals surface area contributed by atoms with E-state index in [1.54, 1.807) is 23.5 Å². The molecule has 3 nitrogen and oxygen atoms in total. The van der Waals surface area contributed by atoms with E-state index in [9.17, 15) is 4.39 Å². The number of nitrogens with zero attached hydrogens (tertiary/aromatic N) is 3. The Morgan fingerprint density at radius 2 is 1.55 bits per heavy atom. The van der Waals surface area contributed by atoms with Gasteiger partial charge in [-0.2, -0.15) is 0 Å². The summed E-state index contributed by atoms with van der Waals surface area (Å²) in [7, 11) is 2.17. The van der Waals surface area contributed by atoms with E-state index in [0.717, 1.165) is 31.9 Å².